The Bertz CT molecular complexity index is 599. The highest BCUT2D eigenvalue weighted by Gasteiger charge is 2.12. The van der Waals surface area contributed by atoms with Gasteiger partial charge in [0, 0.05) is 12.1 Å². The molecule has 21 heavy (non-hydrogen) atoms. The molecule has 0 fully saturated rings. The zero-order valence-corrected chi connectivity index (χ0v) is 13.9. The smallest absolute Gasteiger partial charge is 0.161 e. The van der Waals surface area contributed by atoms with Gasteiger partial charge in [-0.3, -0.25) is 0 Å². The van der Waals surface area contributed by atoms with Gasteiger partial charge in [0.1, 0.15) is 11.6 Å². The fourth-order valence-electron chi connectivity index (χ4n) is 1.98. The van der Waals surface area contributed by atoms with E-state index in [1.165, 1.54) is 12.1 Å². The molecule has 5 heteroatoms. The fraction of sp³-hybridized carbons (Fsp3) is 0.375. The van der Waals surface area contributed by atoms with Gasteiger partial charge in [0.15, 0.2) is 5.82 Å². The second-order valence-electron chi connectivity index (χ2n) is 4.84. The van der Waals surface area contributed by atoms with Gasteiger partial charge in [0.2, 0.25) is 0 Å². The van der Waals surface area contributed by atoms with Crippen LogP contribution in [0.5, 0.6) is 0 Å². The molecule has 0 atom stereocenters. The average molecular weight is 352 g/mol. The van der Waals surface area contributed by atoms with E-state index in [0.29, 0.717) is 5.82 Å². The Balaban J connectivity index is 2.44. The van der Waals surface area contributed by atoms with Crippen molar-refractivity contribution in [2.75, 3.05) is 11.9 Å². The van der Waals surface area contributed by atoms with E-state index in [0.717, 1.165) is 47.4 Å². The molecule has 1 N–H and O–H groups in total. The van der Waals surface area contributed by atoms with Gasteiger partial charge in [-0.25, -0.2) is 14.4 Å². The quantitative estimate of drug-likeness (QED) is 0.810. The molecule has 0 aliphatic carbocycles. The summed E-state index contributed by atoms with van der Waals surface area (Å²) in [6.07, 6.45) is 2.90. The number of nitrogens with one attached hydrogen (secondary N) is 1. The van der Waals surface area contributed by atoms with Crippen molar-refractivity contribution in [3.05, 3.63) is 40.2 Å². The van der Waals surface area contributed by atoms with Crippen LogP contribution in [0, 0.1) is 5.82 Å². The van der Waals surface area contributed by atoms with Gasteiger partial charge >= 0.3 is 0 Å². The molecule has 0 amide bonds. The predicted octanol–water partition coefficient (Wildman–Crippen LogP) is 4.82. The summed E-state index contributed by atoms with van der Waals surface area (Å²) in [4.78, 5) is 9.17. The molecule has 1 aromatic carbocycles. The van der Waals surface area contributed by atoms with Crippen LogP contribution < -0.4 is 5.32 Å². The van der Waals surface area contributed by atoms with Crippen LogP contribution in [0.25, 0.3) is 11.4 Å². The van der Waals surface area contributed by atoms with E-state index in [1.807, 2.05) is 0 Å². The SMILES string of the molecule is CCCNc1nc(-c2ccc(F)cc2)nc(CCC)c1Br. The zero-order chi connectivity index (χ0) is 15.2. The second-order valence-corrected chi connectivity index (χ2v) is 5.63. The van der Waals surface area contributed by atoms with Crippen LogP contribution in [-0.4, -0.2) is 16.5 Å². The number of halogens is 2. The molecule has 1 aromatic heterocycles. The molecule has 0 unspecified atom stereocenters. The standard InChI is InChI=1S/C16H19BrFN3/c1-3-5-13-14(17)16(19-10-4-2)21-15(20-13)11-6-8-12(18)9-7-11/h6-9H,3-5,10H2,1-2H3,(H,19,20,21). The third-order valence-electron chi connectivity index (χ3n) is 3.05. The highest BCUT2D eigenvalue weighted by atomic mass is 79.9. The number of nitrogens with zero attached hydrogens (tertiary/aromatic N) is 2. The maximum Gasteiger partial charge on any atom is 0.161 e. The number of anilines is 1. The van der Waals surface area contributed by atoms with Crippen molar-refractivity contribution >= 4 is 21.7 Å². The van der Waals surface area contributed by atoms with Crippen LogP contribution in [0.3, 0.4) is 0 Å². The molecule has 2 rings (SSSR count). The maximum absolute atomic E-state index is 13.1. The van der Waals surface area contributed by atoms with E-state index in [1.54, 1.807) is 12.1 Å². The van der Waals surface area contributed by atoms with Gasteiger partial charge in [-0.1, -0.05) is 20.3 Å². The van der Waals surface area contributed by atoms with Crippen molar-refractivity contribution in [2.45, 2.75) is 33.1 Å². The average Bonchev–Trinajstić information content (AvgIpc) is 2.49. The van der Waals surface area contributed by atoms with Gasteiger partial charge in [0.05, 0.1) is 10.2 Å². The molecular weight excluding hydrogens is 333 g/mol. The molecule has 0 spiro atoms. The van der Waals surface area contributed by atoms with E-state index in [9.17, 15) is 4.39 Å². The van der Waals surface area contributed by atoms with Crippen molar-refractivity contribution in [2.24, 2.45) is 0 Å². The molecular formula is C16H19BrFN3. The molecule has 0 bridgehead atoms. The minimum atomic E-state index is -0.256. The van der Waals surface area contributed by atoms with E-state index >= 15 is 0 Å². The Labute approximate surface area is 133 Å². The summed E-state index contributed by atoms with van der Waals surface area (Å²) < 4.78 is 14.0. The van der Waals surface area contributed by atoms with E-state index in [2.05, 4.69) is 45.1 Å². The number of aryl methyl sites for hydroxylation is 1. The Morgan fingerprint density at radius 1 is 1.10 bits per heavy atom. The summed E-state index contributed by atoms with van der Waals surface area (Å²) in [6.45, 7) is 5.07. The number of hydrogen-bond donors (Lipinski definition) is 1. The first-order chi connectivity index (χ1) is 10.2. The molecule has 1 heterocycles. The normalized spacial score (nSPS) is 10.7. The first-order valence-electron chi connectivity index (χ1n) is 7.22. The Morgan fingerprint density at radius 3 is 2.43 bits per heavy atom. The number of benzene rings is 1. The minimum Gasteiger partial charge on any atom is -0.369 e. The van der Waals surface area contributed by atoms with Crippen molar-refractivity contribution in [1.29, 1.82) is 0 Å². The molecule has 112 valence electrons. The number of rotatable bonds is 6. The second kappa shape index (κ2) is 7.50. The summed E-state index contributed by atoms with van der Waals surface area (Å²) in [7, 11) is 0. The molecule has 0 radical (unpaired) electrons. The van der Waals surface area contributed by atoms with Gasteiger partial charge in [-0.2, -0.15) is 0 Å². The first-order valence-corrected chi connectivity index (χ1v) is 8.01. The molecule has 0 saturated heterocycles. The third kappa shape index (κ3) is 4.00. The van der Waals surface area contributed by atoms with Gasteiger partial charge in [0.25, 0.3) is 0 Å². The lowest BCUT2D eigenvalue weighted by Gasteiger charge is -2.12. The van der Waals surface area contributed by atoms with Crippen LogP contribution in [0.15, 0.2) is 28.7 Å². The summed E-state index contributed by atoms with van der Waals surface area (Å²) in [5, 5.41) is 3.31. The van der Waals surface area contributed by atoms with Crippen LogP contribution in [0.1, 0.15) is 32.4 Å². The van der Waals surface area contributed by atoms with Crippen LogP contribution in [0.2, 0.25) is 0 Å². The Morgan fingerprint density at radius 2 is 1.81 bits per heavy atom. The molecule has 3 nitrogen and oxygen atoms in total. The lowest BCUT2D eigenvalue weighted by molar-refractivity contribution is 0.628. The summed E-state index contributed by atoms with van der Waals surface area (Å²) >= 11 is 3.58. The van der Waals surface area contributed by atoms with Gasteiger partial charge < -0.3 is 5.32 Å². The summed E-state index contributed by atoms with van der Waals surface area (Å²) in [6, 6.07) is 6.27. The van der Waals surface area contributed by atoms with Crippen LogP contribution >= 0.6 is 15.9 Å². The Kier molecular flexibility index (Phi) is 5.67. The topological polar surface area (TPSA) is 37.8 Å². The molecule has 0 aliphatic rings. The van der Waals surface area contributed by atoms with Crippen LogP contribution in [-0.2, 0) is 6.42 Å². The zero-order valence-electron chi connectivity index (χ0n) is 12.3. The van der Waals surface area contributed by atoms with Crippen molar-refractivity contribution in [1.82, 2.24) is 9.97 Å². The first kappa shape index (κ1) is 15.9. The molecule has 2 aromatic rings. The molecule has 0 saturated carbocycles. The van der Waals surface area contributed by atoms with Gasteiger partial charge in [-0.05, 0) is 53.0 Å². The summed E-state index contributed by atoms with van der Waals surface area (Å²) in [5.41, 5.74) is 1.80. The third-order valence-corrected chi connectivity index (χ3v) is 3.88. The van der Waals surface area contributed by atoms with Gasteiger partial charge in [-0.15, -0.1) is 0 Å². The minimum absolute atomic E-state index is 0.256. The van der Waals surface area contributed by atoms with Crippen LogP contribution in [0.4, 0.5) is 10.2 Å². The van der Waals surface area contributed by atoms with Crippen molar-refractivity contribution in [3.63, 3.8) is 0 Å². The van der Waals surface area contributed by atoms with Crippen molar-refractivity contribution in [3.8, 4) is 11.4 Å². The van der Waals surface area contributed by atoms with E-state index < -0.39 is 0 Å². The Hall–Kier alpha value is -1.49. The lowest BCUT2D eigenvalue weighted by Crippen LogP contribution is -2.07. The lowest BCUT2D eigenvalue weighted by atomic mass is 10.2. The van der Waals surface area contributed by atoms with E-state index in [-0.39, 0.29) is 5.82 Å². The highest BCUT2D eigenvalue weighted by Crippen LogP contribution is 2.28. The maximum atomic E-state index is 13.1. The fourth-order valence-corrected chi connectivity index (χ4v) is 2.50. The number of aromatic nitrogens is 2. The monoisotopic (exact) mass is 351 g/mol. The summed E-state index contributed by atoms with van der Waals surface area (Å²) in [5.74, 6) is 1.17. The van der Waals surface area contributed by atoms with E-state index in [4.69, 9.17) is 0 Å². The predicted molar refractivity (Wildman–Crippen MR) is 87.9 cm³/mol. The highest BCUT2D eigenvalue weighted by molar-refractivity contribution is 9.10. The van der Waals surface area contributed by atoms with Crippen molar-refractivity contribution < 1.29 is 4.39 Å². The number of hydrogen-bond acceptors (Lipinski definition) is 3. The largest absolute Gasteiger partial charge is 0.369 e. The molecule has 0 aliphatic heterocycles.